The summed E-state index contributed by atoms with van der Waals surface area (Å²) in [6, 6.07) is 23.4. The van der Waals surface area contributed by atoms with Gasteiger partial charge in [0.1, 0.15) is 17.6 Å². The predicted molar refractivity (Wildman–Crippen MR) is 117 cm³/mol. The van der Waals surface area contributed by atoms with E-state index < -0.39 is 10.0 Å². The van der Waals surface area contributed by atoms with E-state index in [1.807, 2.05) is 54.6 Å². The van der Waals surface area contributed by atoms with E-state index in [9.17, 15) is 13.7 Å². The average Bonchev–Trinajstić information content (AvgIpc) is 3.18. The normalized spacial score (nSPS) is 11.0. The van der Waals surface area contributed by atoms with Crippen molar-refractivity contribution in [3.05, 3.63) is 90.8 Å². The third-order valence-corrected chi connectivity index (χ3v) is 5.95. The third kappa shape index (κ3) is 4.27. The van der Waals surface area contributed by atoms with Gasteiger partial charge in [-0.05, 0) is 29.8 Å². The number of rotatable bonds is 6. The highest BCUT2D eigenvalue weighted by Gasteiger charge is 2.19. The van der Waals surface area contributed by atoms with Gasteiger partial charge in [0, 0.05) is 25.0 Å². The fourth-order valence-corrected chi connectivity index (χ4v) is 4.10. The number of hydrogen-bond donors (Lipinski definition) is 1. The molecular formula is C23H18N4O3S. The van der Waals surface area contributed by atoms with Gasteiger partial charge in [0.15, 0.2) is 0 Å². The van der Waals surface area contributed by atoms with Crippen LogP contribution in [0.4, 0.5) is 5.95 Å². The number of nitriles is 1. The molecule has 0 aliphatic rings. The van der Waals surface area contributed by atoms with E-state index in [1.54, 1.807) is 23.9 Å². The number of imidazole rings is 1. The first-order valence-corrected chi connectivity index (χ1v) is 10.8. The van der Waals surface area contributed by atoms with Crippen molar-refractivity contribution >= 4 is 16.0 Å². The van der Waals surface area contributed by atoms with E-state index in [2.05, 4.69) is 9.71 Å². The van der Waals surface area contributed by atoms with Crippen LogP contribution in [0.3, 0.4) is 0 Å². The molecule has 154 valence electrons. The number of sulfonamides is 1. The lowest BCUT2D eigenvalue weighted by Crippen LogP contribution is -2.16. The number of benzene rings is 3. The van der Waals surface area contributed by atoms with Gasteiger partial charge >= 0.3 is 0 Å². The molecule has 1 N–H and O–H groups in total. The minimum absolute atomic E-state index is 0.0595. The molecule has 0 saturated heterocycles. The quantitative estimate of drug-likeness (QED) is 0.484. The van der Waals surface area contributed by atoms with Crippen LogP contribution in [0.2, 0.25) is 0 Å². The number of anilines is 1. The van der Waals surface area contributed by atoms with Gasteiger partial charge in [0.25, 0.3) is 10.0 Å². The summed E-state index contributed by atoms with van der Waals surface area (Å²) >= 11 is 0. The summed E-state index contributed by atoms with van der Waals surface area (Å²) in [6.45, 7) is 0. The molecule has 0 fully saturated rings. The Morgan fingerprint density at radius 2 is 1.74 bits per heavy atom. The van der Waals surface area contributed by atoms with Crippen LogP contribution < -0.4 is 9.46 Å². The number of aromatic nitrogens is 2. The van der Waals surface area contributed by atoms with Gasteiger partial charge in [-0.15, -0.1) is 0 Å². The zero-order valence-electron chi connectivity index (χ0n) is 16.6. The Labute approximate surface area is 180 Å². The summed E-state index contributed by atoms with van der Waals surface area (Å²) in [6.07, 6.45) is 3.11. The highest BCUT2D eigenvalue weighted by Crippen LogP contribution is 2.35. The molecule has 1 heterocycles. The number of ether oxygens (including phenoxy) is 1. The van der Waals surface area contributed by atoms with Crippen molar-refractivity contribution in [1.82, 2.24) is 9.55 Å². The maximum absolute atomic E-state index is 12.7. The maximum Gasteiger partial charge on any atom is 0.264 e. The summed E-state index contributed by atoms with van der Waals surface area (Å²) in [5.74, 6) is 1.00. The van der Waals surface area contributed by atoms with Crippen LogP contribution in [-0.4, -0.2) is 18.0 Å². The van der Waals surface area contributed by atoms with E-state index in [1.165, 1.54) is 24.4 Å². The van der Waals surface area contributed by atoms with Gasteiger partial charge in [-0.2, -0.15) is 5.26 Å². The third-order valence-electron chi connectivity index (χ3n) is 4.62. The molecule has 0 unspecified atom stereocenters. The van der Waals surface area contributed by atoms with Crippen LogP contribution >= 0.6 is 0 Å². The average molecular weight is 430 g/mol. The van der Waals surface area contributed by atoms with Crippen molar-refractivity contribution in [3.8, 4) is 28.7 Å². The second kappa shape index (κ2) is 8.34. The van der Waals surface area contributed by atoms with Crippen molar-refractivity contribution in [2.24, 2.45) is 7.05 Å². The number of aryl methyl sites for hydroxylation is 1. The zero-order chi connectivity index (χ0) is 21.8. The minimum Gasteiger partial charge on any atom is -0.455 e. The van der Waals surface area contributed by atoms with E-state index in [0.29, 0.717) is 5.75 Å². The second-order valence-corrected chi connectivity index (χ2v) is 8.38. The van der Waals surface area contributed by atoms with E-state index >= 15 is 0 Å². The summed E-state index contributed by atoms with van der Waals surface area (Å²) in [7, 11) is -2.25. The van der Waals surface area contributed by atoms with Crippen LogP contribution in [0.15, 0.2) is 90.1 Å². The standard InChI is InChI=1S/C23H18N4O3S/c1-27-14-13-25-23(27)26-31(28,29)19-11-12-21(18(15-19)16-24)30-22-10-6-5-9-20(22)17-7-3-2-4-8-17/h2-15H,1H3,(H,25,26). The molecule has 0 aliphatic heterocycles. The van der Waals surface area contributed by atoms with Crippen molar-refractivity contribution in [1.29, 1.82) is 5.26 Å². The first-order chi connectivity index (χ1) is 15.0. The molecule has 3 aromatic carbocycles. The fraction of sp³-hybridized carbons (Fsp3) is 0.0435. The summed E-state index contributed by atoms with van der Waals surface area (Å²) in [4.78, 5) is 3.90. The first-order valence-electron chi connectivity index (χ1n) is 9.34. The lowest BCUT2D eigenvalue weighted by molar-refractivity contribution is 0.482. The maximum atomic E-state index is 12.7. The van der Waals surface area contributed by atoms with Gasteiger partial charge in [-0.25, -0.2) is 18.1 Å². The van der Waals surface area contributed by atoms with Crippen molar-refractivity contribution in [2.75, 3.05) is 4.72 Å². The molecule has 0 aliphatic carbocycles. The lowest BCUT2D eigenvalue weighted by Gasteiger charge is -2.13. The fourth-order valence-electron chi connectivity index (χ4n) is 3.03. The predicted octanol–water partition coefficient (Wildman–Crippen LogP) is 4.55. The molecule has 7 nitrogen and oxygen atoms in total. The van der Waals surface area contributed by atoms with Crippen LogP contribution in [0.1, 0.15) is 5.56 Å². The Hall–Kier alpha value is -4.09. The van der Waals surface area contributed by atoms with Gasteiger partial charge in [0.05, 0.1) is 10.5 Å². The Balaban J connectivity index is 1.67. The van der Waals surface area contributed by atoms with Gasteiger partial charge in [-0.1, -0.05) is 48.5 Å². The SMILES string of the molecule is Cn1ccnc1NS(=O)(=O)c1ccc(Oc2ccccc2-c2ccccc2)c(C#N)c1. The topological polar surface area (TPSA) is 97.0 Å². The first kappa shape index (κ1) is 20.2. The van der Waals surface area contributed by atoms with Gasteiger partial charge < -0.3 is 9.30 Å². The largest absolute Gasteiger partial charge is 0.455 e. The molecule has 0 spiro atoms. The molecule has 31 heavy (non-hydrogen) atoms. The summed E-state index contributed by atoms with van der Waals surface area (Å²) in [5.41, 5.74) is 1.93. The Bertz CT molecular complexity index is 1370. The van der Waals surface area contributed by atoms with Crippen LogP contribution in [0, 0.1) is 11.3 Å². The molecule has 4 rings (SSSR count). The van der Waals surface area contributed by atoms with Crippen molar-refractivity contribution < 1.29 is 13.2 Å². The molecule has 0 radical (unpaired) electrons. The Morgan fingerprint density at radius 3 is 2.45 bits per heavy atom. The lowest BCUT2D eigenvalue weighted by atomic mass is 10.0. The van der Waals surface area contributed by atoms with Crippen LogP contribution in [0.25, 0.3) is 11.1 Å². The monoisotopic (exact) mass is 430 g/mol. The summed E-state index contributed by atoms with van der Waals surface area (Å²) in [5, 5.41) is 9.61. The van der Waals surface area contributed by atoms with E-state index in [-0.39, 0.29) is 22.2 Å². The molecule has 8 heteroatoms. The molecular weight excluding hydrogens is 412 g/mol. The number of nitrogens with zero attached hydrogens (tertiary/aromatic N) is 3. The van der Waals surface area contributed by atoms with Crippen LogP contribution in [-0.2, 0) is 17.1 Å². The molecule has 0 amide bonds. The van der Waals surface area contributed by atoms with Crippen molar-refractivity contribution in [2.45, 2.75) is 4.90 Å². The minimum atomic E-state index is -3.92. The van der Waals surface area contributed by atoms with E-state index in [4.69, 9.17) is 4.74 Å². The highest BCUT2D eigenvalue weighted by atomic mass is 32.2. The number of nitrogens with one attached hydrogen (secondary N) is 1. The molecule has 0 atom stereocenters. The molecule has 0 bridgehead atoms. The zero-order valence-corrected chi connectivity index (χ0v) is 17.4. The van der Waals surface area contributed by atoms with E-state index in [0.717, 1.165) is 11.1 Å². The molecule has 1 aromatic heterocycles. The molecule has 0 saturated carbocycles. The smallest absolute Gasteiger partial charge is 0.264 e. The summed E-state index contributed by atoms with van der Waals surface area (Å²) < 4.78 is 35.4. The van der Waals surface area contributed by atoms with Crippen LogP contribution in [0.5, 0.6) is 11.5 Å². The molecule has 4 aromatic rings. The van der Waals surface area contributed by atoms with Gasteiger partial charge in [0.2, 0.25) is 5.95 Å². The number of para-hydroxylation sites is 1. The highest BCUT2D eigenvalue weighted by molar-refractivity contribution is 7.92. The van der Waals surface area contributed by atoms with Crippen molar-refractivity contribution in [3.63, 3.8) is 0 Å². The second-order valence-electron chi connectivity index (χ2n) is 6.70. The Kier molecular flexibility index (Phi) is 5.43. The Morgan fingerprint density at radius 1 is 1.00 bits per heavy atom. The van der Waals surface area contributed by atoms with Gasteiger partial charge in [-0.3, -0.25) is 0 Å². The number of hydrogen-bond acceptors (Lipinski definition) is 5.